The van der Waals surface area contributed by atoms with E-state index in [9.17, 15) is 9.18 Å². The molecular formula is C9H8ClFO2. The van der Waals surface area contributed by atoms with Gasteiger partial charge in [0.1, 0.15) is 5.75 Å². The smallest absolute Gasteiger partial charge is 0.252 e. The van der Waals surface area contributed by atoms with E-state index in [2.05, 4.69) is 4.74 Å². The Morgan fingerprint density at radius 1 is 1.62 bits per heavy atom. The summed E-state index contributed by atoms with van der Waals surface area (Å²) >= 11 is 5.24. The van der Waals surface area contributed by atoms with E-state index < -0.39 is 12.1 Å². The van der Waals surface area contributed by atoms with Gasteiger partial charge in [-0.2, -0.15) is 0 Å². The Hall–Kier alpha value is -1.09. The average Bonchev–Trinajstić information content (AvgIpc) is 2.08. The Bertz CT molecular complexity index is 325. The monoisotopic (exact) mass is 202 g/mol. The third-order valence-electron chi connectivity index (χ3n) is 1.63. The number of benzene rings is 1. The fourth-order valence-corrected chi connectivity index (χ4v) is 1.05. The molecule has 1 aromatic rings. The van der Waals surface area contributed by atoms with Crippen LogP contribution in [0.3, 0.4) is 0 Å². The zero-order chi connectivity index (χ0) is 9.84. The highest BCUT2D eigenvalue weighted by Gasteiger charge is 2.05. The second kappa shape index (κ2) is 4.23. The highest BCUT2D eigenvalue weighted by Crippen LogP contribution is 2.20. The zero-order valence-electron chi connectivity index (χ0n) is 7.01. The number of alkyl halides is 1. The molecule has 1 aromatic carbocycles. The normalized spacial score (nSPS) is 9.77. The third-order valence-corrected chi connectivity index (χ3v) is 1.84. The van der Waals surface area contributed by atoms with Gasteiger partial charge in [-0.15, -0.1) is 0 Å². The van der Waals surface area contributed by atoms with E-state index in [4.69, 9.17) is 11.6 Å². The summed E-state index contributed by atoms with van der Waals surface area (Å²) in [5, 5.41) is -0.580. The van der Waals surface area contributed by atoms with Gasteiger partial charge < -0.3 is 4.74 Å². The van der Waals surface area contributed by atoms with Crippen LogP contribution in [0.4, 0.5) is 4.39 Å². The number of hydrogen-bond acceptors (Lipinski definition) is 2. The lowest BCUT2D eigenvalue weighted by atomic mass is 10.1. The number of rotatable bonds is 3. The first-order chi connectivity index (χ1) is 6.15. The fourth-order valence-electron chi connectivity index (χ4n) is 0.937. The molecule has 0 N–H and O–H groups in total. The Morgan fingerprint density at radius 3 is 2.85 bits per heavy atom. The van der Waals surface area contributed by atoms with Gasteiger partial charge in [-0.3, -0.25) is 4.79 Å². The maximum Gasteiger partial charge on any atom is 0.252 e. The summed E-state index contributed by atoms with van der Waals surface area (Å²) in [4.78, 5) is 10.7. The molecule has 2 nitrogen and oxygen atoms in total. The topological polar surface area (TPSA) is 26.3 Å². The van der Waals surface area contributed by atoms with E-state index in [1.54, 1.807) is 19.1 Å². The van der Waals surface area contributed by atoms with Crippen molar-refractivity contribution in [2.45, 2.75) is 6.92 Å². The van der Waals surface area contributed by atoms with E-state index in [-0.39, 0.29) is 0 Å². The van der Waals surface area contributed by atoms with Crippen LogP contribution in [0.15, 0.2) is 18.2 Å². The second-order valence-electron chi connectivity index (χ2n) is 2.51. The molecule has 0 aliphatic rings. The molecule has 0 bridgehead atoms. The predicted octanol–water partition coefficient (Wildman–Crippen LogP) is 2.68. The lowest BCUT2D eigenvalue weighted by Crippen LogP contribution is -1.96. The molecule has 13 heavy (non-hydrogen) atoms. The summed E-state index contributed by atoms with van der Waals surface area (Å²) in [5.41, 5.74) is 1.06. The molecule has 0 fully saturated rings. The molecule has 0 amide bonds. The van der Waals surface area contributed by atoms with Crippen LogP contribution in [0.2, 0.25) is 0 Å². The molecular weight excluding hydrogens is 195 g/mol. The van der Waals surface area contributed by atoms with Crippen LogP contribution < -0.4 is 4.74 Å². The van der Waals surface area contributed by atoms with Crippen LogP contribution in [0.25, 0.3) is 0 Å². The van der Waals surface area contributed by atoms with Gasteiger partial charge in [0.2, 0.25) is 6.86 Å². The van der Waals surface area contributed by atoms with Crippen molar-refractivity contribution >= 4 is 16.8 Å². The third kappa shape index (κ3) is 2.42. The predicted molar refractivity (Wildman–Crippen MR) is 48.0 cm³/mol. The Balaban J connectivity index is 3.03. The highest BCUT2D eigenvalue weighted by molar-refractivity contribution is 6.67. The fraction of sp³-hybridized carbons (Fsp3) is 0.222. The van der Waals surface area contributed by atoms with Crippen molar-refractivity contribution < 1.29 is 13.9 Å². The van der Waals surface area contributed by atoms with Crippen molar-refractivity contribution in [3.63, 3.8) is 0 Å². The number of carbonyl (C=O) groups excluding carboxylic acids is 1. The molecule has 0 heterocycles. The molecule has 0 spiro atoms. The summed E-state index contributed by atoms with van der Waals surface area (Å²) in [7, 11) is 0. The highest BCUT2D eigenvalue weighted by atomic mass is 35.5. The quantitative estimate of drug-likeness (QED) is 0.705. The summed E-state index contributed by atoms with van der Waals surface area (Å²) in [6.45, 7) is 0.842. The zero-order valence-corrected chi connectivity index (χ0v) is 7.77. The van der Waals surface area contributed by atoms with E-state index in [0.29, 0.717) is 11.3 Å². The SMILES string of the molecule is Cc1ccc(C(=O)Cl)cc1OCF. The minimum Gasteiger partial charge on any atom is -0.463 e. The van der Waals surface area contributed by atoms with Crippen molar-refractivity contribution in [2.24, 2.45) is 0 Å². The van der Waals surface area contributed by atoms with Gasteiger partial charge in [0, 0.05) is 5.56 Å². The van der Waals surface area contributed by atoms with Gasteiger partial charge >= 0.3 is 0 Å². The molecule has 0 radical (unpaired) electrons. The first kappa shape index (κ1) is 9.99. The maximum absolute atomic E-state index is 11.9. The van der Waals surface area contributed by atoms with Crippen molar-refractivity contribution in [3.8, 4) is 5.75 Å². The largest absolute Gasteiger partial charge is 0.463 e. The Kier molecular flexibility index (Phi) is 3.25. The van der Waals surface area contributed by atoms with Gasteiger partial charge in [0.05, 0.1) is 0 Å². The van der Waals surface area contributed by atoms with E-state index in [0.717, 1.165) is 5.56 Å². The minimum atomic E-state index is -0.916. The number of carbonyl (C=O) groups is 1. The number of hydrogen-bond donors (Lipinski definition) is 0. The molecule has 4 heteroatoms. The molecule has 70 valence electrons. The molecule has 0 unspecified atom stereocenters. The van der Waals surface area contributed by atoms with Crippen LogP contribution in [0, 0.1) is 6.92 Å². The van der Waals surface area contributed by atoms with E-state index >= 15 is 0 Å². The lowest BCUT2D eigenvalue weighted by Gasteiger charge is -2.05. The molecule has 0 aromatic heterocycles. The van der Waals surface area contributed by atoms with Crippen molar-refractivity contribution in [1.82, 2.24) is 0 Å². The van der Waals surface area contributed by atoms with Crippen molar-refractivity contribution in [2.75, 3.05) is 6.86 Å². The molecule has 0 saturated heterocycles. The van der Waals surface area contributed by atoms with Crippen LogP contribution in [-0.2, 0) is 0 Å². The van der Waals surface area contributed by atoms with E-state index in [1.165, 1.54) is 6.07 Å². The Morgan fingerprint density at radius 2 is 2.31 bits per heavy atom. The van der Waals surface area contributed by atoms with Crippen molar-refractivity contribution in [3.05, 3.63) is 29.3 Å². The molecule has 0 saturated carbocycles. The summed E-state index contributed by atoms with van der Waals surface area (Å²) in [5.74, 6) is 0.342. The van der Waals surface area contributed by atoms with Crippen LogP contribution in [0.1, 0.15) is 15.9 Å². The van der Waals surface area contributed by atoms with Gasteiger partial charge in [-0.1, -0.05) is 6.07 Å². The number of ether oxygens (including phenoxy) is 1. The van der Waals surface area contributed by atoms with E-state index in [1.807, 2.05) is 0 Å². The summed E-state index contributed by atoms with van der Waals surface area (Å²) in [6.07, 6.45) is 0. The maximum atomic E-state index is 11.9. The number of aryl methyl sites for hydroxylation is 1. The number of halogens is 2. The van der Waals surface area contributed by atoms with Crippen molar-refractivity contribution in [1.29, 1.82) is 0 Å². The van der Waals surface area contributed by atoms with Crippen LogP contribution >= 0.6 is 11.6 Å². The molecule has 0 aliphatic heterocycles. The van der Waals surface area contributed by atoms with Gasteiger partial charge in [0.15, 0.2) is 0 Å². The van der Waals surface area contributed by atoms with Gasteiger partial charge in [-0.25, -0.2) is 4.39 Å². The van der Waals surface area contributed by atoms with Gasteiger partial charge in [0.25, 0.3) is 5.24 Å². The average molecular weight is 203 g/mol. The second-order valence-corrected chi connectivity index (χ2v) is 2.85. The Labute approximate surface area is 80.3 Å². The summed E-state index contributed by atoms with van der Waals surface area (Å²) in [6, 6.07) is 4.64. The first-order valence-electron chi connectivity index (χ1n) is 3.64. The van der Waals surface area contributed by atoms with Gasteiger partial charge in [-0.05, 0) is 36.2 Å². The first-order valence-corrected chi connectivity index (χ1v) is 4.02. The van der Waals surface area contributed by atoms with Crippen LogP contribution in [0.5, 0.6) is 5.75 Å². The summed E-state index contributed by atoms with van der Waals surface area (Å²) < 4.78 is 16.5. The molecule has 0 atom stereocenters. The van der Waals surface area contributed by atoms with Crippen LogP contribution in [-0.4, -0.2) is 12.1 Å². The minimum absolute atomic E-state index is 0.302. The molecule has 1 rings (SSSR count). The standard InChI is InChI=1S/C9H8ClFO2/c1-6-2-3-7(9(10)12)4-8(6)13-5-11/h2-4H,5H2,1H3. The molecule has 0 aliphatic carbocycles. The lowest BCUT2D eigenvalue weighted by molar-refractivity contribution is 0.108.